The number of hydrogen-bond acceptors (Lipinski definition) is 3. The zero-order valence-electron chi connectivity index (χ0n) is 10.3. The second-order valence-corrected chi connectivity index (χ2v) is 4.39. The van der Waals surface area contributed by atoms with Gasteiger partial charge < -0.3 is 9.67 Å². The van der Waals surface area contributed by atoms with Crippen LogP contribution in [0.1, 0.15) is 32.5 Å². The molecule has 17 heavy (non-hydrogen) atoms. The monoisotopic (exact) mass is 259 g/mol. The quantitative estimate of drug-likeness (QED) is 0.818. The lowest BCUT2D eigenvalue weighted by molar-refractivity contribution is -0.145. The first-order chi connectivity index (χ1) is 7.96. The molecule has 0 radical (unpaired) electrons. The fraction of sp³-hybridized carbons (Fsp3) is 0.636. The van der Waals surface area contributed by atoms with Crippen LogP contribution in [0.4, 0.5) is 0 Å². The molecule has 0 aromatic carbocycles. The average Bonchev–Trinajstić information content (AvgIpc) is 2.62. The summed E-state index contributed by atoms with van der Waals surface area (Å²) in [7, 11) is 1.80. The fourth-order valence-electron chi connectivity index (χ4n) is 1.71. The van der Waals surface area contributed by atoms with Crippen LogP contribution in [0.15, 0.2) is 6.20 Å². The van der Waals surface area contributed by atoms with Crippen molar-refractivity contribution in [3.05, 3.63) is 17.2 Å². The van der Waals surface area contributed by atoms with E-state index in [0.717, 1.165) is 5.82 Å². The second-order valence-electron chi connectivity index (χ2n) is 4.00. The maximum absolute atomic E-state index is 11.3. The van der Waals surface area contributed by atoms with Crippen molar-refractivity contribution in [1.82, 2.24) is 14.9 Å². The molecule has 0 aliphatic rings. The number of aromatic nitrogens is 2. The Labute approximate surface area is 106 Å². The van der Waals surface area contributed by atoms with E-state index in [-0.39, 0.29) is 0 Å². The van der Waals surface area contributed by atoms with Crippen LogP contribution in [-0.4, -0.2) is 26.2 Å². The van der Waals surface area contributed by atoms with Gasteiger partial charge in [-0.2, -0.15) is 0 Å². The van der Waals surface area contributed by atoms with Crippen molar-refractivity contribution >= 4 is 17.6 Å². The minimum Gasteiger partial charge on any atom is -0.480 e. The molecule has 1 heterocycles. The van der Waals surface area contributed by atoms with Gasteiger partial charge in [-0.25, -0.2) is 4.98 Å². The highest BCUT2D eigenvalue weighted by Crippen LogP contribution is 2.17. The number of carboxylic acid groups (broad SMARTS) is 1. The number of nitrogens with one attached hydrogen (secondary N) is 1. The number of carboxylic acids is 1. The van der Waals surface area contributed by atoms with Gasteiger partial charge in [0.05, 0.1) is 12.7 Å². The molecule has 5 nitrogen and oxygen atoms in total. The van der Waals surface area contributed by atoms with Crippen LogP contribution in [0.5, 0.6) is 0 Å². The van der Waals surface area contributed by atoms with Crippen LogP contribution in [0.2, 0.25) is 5.15 Å². The third-order valence-corrected chi connectivity index (χ3v) is 3.58. The first-order valence-corrected chi connectivity index (χ1v) is 5.99. The first-order valence-electron chi connectivity index (χ1n) is 5.61. The molecule has 0 aliphatic heterocycles. The van der Waals surface area contributed by atoms with Gasteiger partial charge >= 0.3 is 5.97 Å². The van der Waals surface area contributed by atoms with Gasteiger partial charge in [-0.15, -0.1) is 0 Å². The highest BCUT2D eigenvalue weighted by atomic mass is 35.5. The van der Waals surface area contributed by atoms with E-state index in [0.29, 0.717) is 24.5 Å². The predicted molar refractivity (Wildman–Crippen MR) is 66.0 cm³/mol. The average molecular weight is 260 g/mol. The Balaban J connectivity index is 2.77. The van der Waals surface area contributed by atoms with E-state index in [9.17, 15) is 9.90 Å². The molecule has 1 aromatic rings. The number of rotatable bonds is 6. The lowest BCUT2D eigenvalue weighted by Crippen LogP contribution is -2.51. The number of nitrogens with zero attached hydrogens (tertiary/aromatic N) is 2. The van der Waals surface area contributed by atoms with E-state index in [1.54, 1.807) is 17.8 Å². The van der Waals surface area contributed by atoms with Crippen LogP contribution >= 0.6 is 11.6 Å². The van der Waals surface area contributed by atoms with Crippen LogP contribution < -0.4 is 5.32 Å². The van der Waals surface area contributed by atoms with Crippen molar-refractivity contribution in [3.63, 3.8) is 0 Å². The Bertz CT molecular complexity index is 399. The number of imidazole rings is 1. The summed E-state index contributed by atoms with van der Waals surface area (Å²) in [5.74, 6) is -0.106. The highest BCUT2D eigenvalue weighted by Gasteiger charge is 2.34. The van der Waals surface area contributed by atoms with E-state index < -0.39 is 11.5 Å². The molecule has 0 atom stereocenters. The maximum atomic E-state index is 11.3. The van der Waals surface area contributed by atoms with Crippen LogP contribution in [-0.2, 0) is 18.4 Å². The smallest absolute Gasteiger partial charge is 0.323 e. The zero-order valence-corrected chi connectivity index (χ0v) is 11.1. The molecule has 0 saturated carbocycles. The molecule has 0 spiro atoms. The summed E-state index contributed by atoms with van der Waals surface area (Å²) in [4.78, 5) is 15.4. The van der Waals surface area contributed by atoms with Crippen molar-refractivity contribution in [1.29, 1.82) is 0 Å². The molecular weight excluding hydrogens is 242 g/mol. The number of halogens is 1. The van der Waals surface area contributed by atoms with Crippen molar-refractivity contribution < 1.29 is 9.90 Å². The third kappa shape index (κ3) is 2.79. The van der Waals surface area contributed by atoms with E-state index in [4.69, 9.17) is 11.6 Å². The highest BCUT2D eigenvalue weighted by molar-refractivity contribution is 6.29. The van der Waals surface area contributed by atoms with Gasteiger partial charge in [0.25, 0.3) is 0 Å². The van der Waals surface area contributed by atoms with Gasteiger partial charge in [-0.3, -0.25) is 10.1 Å². The van der Waals surface area contributed by atoms with Crippen LogP contribution in [0.3, 0.4) is 0 Å². The number of hydrogen-bond donors (Lipinski definition) is 2. The Morgan fingerprint density at radius 1 is 1.59 bits per heavy atom. The van der Waals surface area contributed by atoms with Crippen molar-refractivity contribution in [2.75, 3.05) is 0 Å². The molecule has 6 heteroatoms. The Morgan fingerprint density at radius 3 is 2.53 bits per heavy atom. The molecule has 0 bridgehead atoms. The molecule has 0 fully saturated rings. The van der Waals surface area contributed by atoms with E-state index in [1.807, 2.05) is 13.8 Å². The van der Waals surface area contributed by atoms with Crippen LogP contribution in [0.25, 0.3) is 0 Å². The SMILES string of the molecule is CCC(CC)(NCc1ncc(Cl)n1C)C(=O)O. The standard InChI is InChI=1S/C11H18ClN3O2/c1-4-11(5-2,10(16)17)14-7-9-13-6-8(12)15(9)3/h6,14H,4-5,7H2,1-3H3,(H,16,17). The summed E-state index contributed by atoms with van der Waals surface area (Å²) in [5.41, 5.74) is -0.890. The lowest BCUT2D eigenvalue weighted by atomic mass is 9.93. The molecule has 0 unspecified atom stereocenters. The lowest BCUT2D eigenvalue weighted by Gasteiger charge is -2.28. The van der Waals surface area contributed by atoms with Gasteiger partial charge in [-0.05, 0) is 12.8 Å². The Morgan fingerprint density at radius 2 is 2.18 bits per heavy atom. The molecule has 0 amide bonds. The fourth-order valence-corrected chi connectivity index (χ4v) is 1.86. The number of aliphatic carboxylic acids is 1. The number of carbonyl (C=O) groups is 1. The third-order valence-electron chi connectivity index (χ3n) is 3.23. The molecule has 0 saturated heterocycles. The van der Waals surface area contributed by atoms with Gasteiger partial charge in [0.1, 0.15) is 16.5 Å². The molecular formula is C11H18ClN3O2. The first kappa shape index (κ1) is 14.0. The summed E-state index contributed by atoms with van der Waals surface area (Å²) in [6.07, 6.45) is 2.60. The summed E-state index contributed by atoms with van der Waals surface area (Å²) in [6.45, 7) is 4.10. The van der Waals surface area contributed by atoms with E-state index >= 15 is 0 Å². The molecule has 2 N–H and O–H groups in total. The summed E-state index contributed by atoms with van der Waals surface area (Å²) in [6, 6.07) is 0. The maximum Gasteiger partial charge on any atom is 0.323 e. The normalized spacial score (nSPS) is 11.8. The molecule has 0 aliphatic carbocycles. The van der Waals surface area contributed by atoms with Gasteiger partial charge in [-0.1, -0.05) is 25.4 Å². The van der Waals surface area contributed by atoms with Crippen molar-refractivity contribution in [3.8, 4) is 0 Å². The zero-order chi connectivity index (χ0) is 13.1. The largest absolute Gasteiger partial charge is 0.480 e. The topological polar surface area (TPSA) is 67.2 Å². The van der Waals surface area contributed by atoms with Gasteiger partial charge in [0, 0.05) is 7.05 Å². The minimum atomic E-state index is -0.890. The Hall–Kier alpha value is -1.07. The van der Waals surface area contributed by atoms with E-state index in [2.05, 4.69) is 10.3 Å². The minimum absolute atomic E-state index is 0.386. The van der Waals surface area contributed by atoms with Crippen molar-refractivity contribution in [2.45, 2.75) is 38.8 Å². The second kappa shape index (κ2) is 5.51. The Kier molecular flexibility index (Phi) is 4.54. The molecule has 1 aromatic heterocycles. The summed E-state index contributed by atoms with van der Waals surface area (Å²) in [5, 5.41) is 12.9. The van der Waals surface area contributed by atoms with Crippen LogP contribution in [0, 0.1) is 0 Å². The van der Waals surface area contributed by atoms with Crippen molar-refractivity contribution in [2.24, 2.45) is 7.05 Å². The molecule has 1 rings (SSSR count). The predicted octanol–water partition coefficient (Wildman–Crippen LogP) is 1.81. The van der Waals surface area contributed by atoms with E-state index in [1.165, 1.54) is 0 Å². The van der Waals surface area contributed by atoms with Gasteiger partial charge in [0.2, 0.25) is 0 Å². The summed E-state index contributed by atoms with van der Waals surface area (Å²) >= 11 is 5.87. The molecule has 96 valence electrons. The van der Waals surface area contributed by atoms with Gasteiger partial charge in [0.15, 0.2) is 0 Å². The summed E-state index contributed by atoms with van der Waals surface area (Å²) < 4.78 is 1.73.